The summed E-state index contributed by atoms with van der Waals surface area (Å²) in [6, 6.07) is 0. The van der Waals surface area contributed by atoms with Gasteiger partial charge in [0.2, 0.25) is 0 Å². The highest BCUT2D eigenvalue weighted by molar-refractivity contribution is 5.92. The fourth-order valence-electron chi connectivity index (χ4n) is 1.62. The molecule has 4 nitrogen and oxygen atoms in total. The predicted octanol–water partition coefficient (Wildman–Crippen LogP) is 2.29. The number of methoxy groups -OCH3 is 1. The van der Waals surface area contributed by atoms with Crippen LogP contribution < -0.4 is 0 Å². The molecule has 0 bridgehead atoms. The van der Waals surface area contributed by atoms with Crippen LogP contribution in [0.25, 0.3) is 0 Å². The van der Waals surface area contributed by atoms with Crippen molar-refractivity contribution in [3.05, 3.63) is 23.2 Å². The third-order valence-electron chi connectivity index (χ3n) is 2.51. The summed E-state index contributed by atoms with van der Waals surface area (Å²) in [5.41, 5.74) is 0.888. The Bertz CT molecular complexity index is 341. The zero-order valence-corrected chi connectivity index (χ0v) is 9.78. The number of carbonyl (C=O) groups is 1. The number of aliphatic hydroxyl groups is 1. The molecule has 0 aliphatic carbocycles. The van der Waals surface area contributed by atoms with Gasteiger partial charge in [0.25, 0.3) is 0 Å². The quantitative estimate of drug-likeness (QED) is 0.597. The number of hydrogen-bond acceptors (Lipinski definition) is 4. The molecule has 0 aliphatic heterocycles. The van der Waals surface area contributed by atoms with Crippen LogP contribution in [0.2, 0.25) is 0 Å². The van der Waals surface area contributed by atoms with E-state index in [2.05, 4.69) is 11.7 Å². The molecule has 1 heterocycles. The van der Waals surface area contributed by atoms with Crippen molar-refractivity contribution in [1.82, 2.24) is 0 Å². The van der Waals surface area contributed by atoms with Gasteiger partial charge in [-0.25, -0.2) is 4.79 Å². The molecule has 0 saturated carbocycles. The summed E-state index contributed by atoms with van der Waals surface area (Å²) in [5, 5.41) is 9.08. The molecule has 0 fully saturated rings. The van der Waals surface area contributed by atoms with Gasteiger partial charge in [-0.2, -0.15) is 0 Å². The number of hydrogen-bond donors (Lipinski definition) is 1. The summed E-state index contributed by atoms with van der Waals surface area (Å²) in [6.07, 6.45) is 5.31. The lowest BCUT2D eigenvalue weighted by Gasteiger charge is -2.02. The third-order valence-corrected chi connectivity index (χ3v) is 2.51. The average Bonchev–Trinajstić information content (AvgIpc) is 2.71. The maximum Gasteiger partial charge on any atom is 0.341 e. The lowest BCUT2D eigenvalue weighted by Crippen LogP contribution is -2.06. The van der Waals surface area contributed by atoms with Crippen molar-refractivity contribution in [2.75, 3.05) is 7.11 Å². The van der Waals surface area contributed by atoms with Crippen molar-refractivity contribution in [2.24, 2.45) is 0 Å². The minimum absolute atomic E-state index is 0.207. The van der Waals surface area contributed by atoms with Crippen LogP contribution in [0.5, 0.6) is 0 Å². The molecule has 0 saturated heterocycles. The highest BCUT2D eigenvalue weighted by Crippen LogP contribution is 2.20. The van der Waals surface area contributed by atoms with Crippen LogP contribution in [0.4, 0.5) is 0 Å². The fraction of sp³-hybridized carbons (Fsp3) is 0.583. The van der Waals surface area contributed by atoms with Crippen LogP contribution in [0.1, 0.15) is 47.9 Å². The summed E-state index contributed by atoms with van der Waals surface area (Å²) in [6.45, 7) is 1.91. The Morgan fingerprint density at radius 2 is 2.25 bits per heavy atom. The lowest BCUT2D eigenvalue weighted by molar-refractivity contribution is 0.0595. The van der Waals surface area contributed by atoms with Gasteiger partial charge in [-0.3, -0.25) is 0 Å². The van der Waals surface area contributed by atoms with Gasteiger partial charge in [-0.1, -0.05) is 19.8 Å². The van der Waals surface area contributed by atoms with E-state index in [9.17, 15) is 4.79 Å². The number of aryl methyl sites for hydroxylation is 1. The van der Waals surface area contributed by atoms with Crippen molar-refractivity contribution in [3.8, 4) is 0 Å². The summed E-state index contributed by atoms with van der Waals surface area (Å²) < 4.78 is 9.97. The molecule has 1 aromatic heterocycles. The number of rotatable bonds is 6. The van der Waals surface area contributed by atoms with Gasteiger partial charge in [-0.15, -0.1) is 0 Å². The van der Waals surface area contributed by atoms with Crippen molar-refractivity contribution >= 4 is 5.97 Å². The summed E-state index contributed by atoms with van der Waals surface area (Å²) in [5.74, 6) is 0.175. The second kappa shape index (κ2) is 6.33. The summed E-state index contributed by atoms with van der Waals surface area (Å²) >= 11 is 0. The molecule has 0 atom stereocenters. The van der Waals surface area contributed by atoms with E-state index in [0.717, 1.165) is 19.3 Å². The van der Waals surface area contributed by atoms with E-state index in [1.807, 2.05) is 0 Å². The molecule has 1 rings (SSSR count). The van der Waals surface area contributed by atoms with Crippen molar-refractivity contribution in [2.45, 2.75) is 39.2 Å². The first-order valence-electron chi connectivity index (χ1n) is 5.53. The van der Waals surface area contributed by atoms with E-state index in [1.54, 1.807) is 0 Å². The Kier molecular flexibility index (Phi) is 5.05. The first-order valence-corrected chi connectivity index (χ1v) is 5.53. The van der Waals surface area contributed by atoms with E-state index >= 15 is 0 Å². The Morgan fingerprint density at radius 3 is 2.81 bits per heavy atom. The van der Waals surface area contributed by atoms with Crippen molar-refractivity contribution in [3.63, 3.8) is 0 Å². The lowest BCUT2D eigenvalue weighted by atomic mass is 10.1. The van der Waals surface area contributed by atoms with Gasteiger partial charge < -0.3 is 14.3 Å². The molecule has 90 valence electrons. The van der Waals surface area contributed by atoms with Gasteiger partial charge in [0, 0.05) is 12.0 Å². The van der Waals surface area contributed by atoms with Crippen molar-refractivity contribution < 1.29 is 19.1 Å². The first-order chi connectivity index (χ1) is 7.74. The van der Waals surface area contributed by atoms with Crippen molar-refractivity contribution in [1.29, 1.82) is 0 Å². The molecule has 0 aromatic carbocycles. The van der Waals surface area contributed by atoms with Crippen LogP contribution in [0, 0.1) is 0 Å². The zero-order chi connectivity index (χ0) is 12.0. The highest BCUT2D eigenvalue weighted by Gasteiger charge is 2.20. The molecule has 0 aliphatic rings. The Morgan fingerprint density at radius 1 is 1.50 bits per heavy atom. The number of esters is 1. The van der Waals surface area contributed by atoms with E-state index in [1.165, 1.54) is 13.4 Å². The van der Waals surface area contributed by atoms with Crippen LogP contribution in [-0.4, -0.2) is 18.2 Å². The van der Waals surface area contributed by atoms with Crippen LogP contribution in [-0.2, 0) is 17.8 Å². The smallest absolute Gasteiger partial charge is 0.341 e. The average molecular weight is 226 g/mol. The number of furan rings is 1. The second-order valence-electron chi connectivity index (χ2n) is 3.67. The van der Waals surface area contributed by atoms with Gasteiger partial charge in [0.15, 0.2) is 0 Å². The molecular formula is C12H18O4. The third kappa shape index (κ3) is 2.85. The van der Waals surface area contributed by atoms with Gasteiger partial charge in [-0.05, 0) is 6.42 Å². The highest BCUT2D eigenvalue weighted by atomic mass is 16.5. The normalized spacial score (nSPS) is 10.4. The number of ether oxygens (including phenoxy) is 1. The number of unbranched alkanes of at least 4 members (excludes halogenated alkanes) is 2. The first kappa shape index (κ1) is 12.8. The van der Waals surface area contributed by atoms with Gasteiger partial charge in [0.1, 0.15) is 11.3 Å². The van der Waals surface area contributed by atoms with E-state index in [4.69, 9.17) is 9.52 Å². The van der Waals surface area contributed by atoms with E-state index < -0.39 is 5.97 Å². The standard InChI is InChI=1S/C12H18O4/c1-3-4-5-6-10-11(12(14)15-2)9(7-13)8-16-10/h8,13H,3-7H2,1-2H3. The molecule has 0 amide bonds. The predicted molar refractivity (Wildman–Crippen MR) is 59.2 cm³/mol. The molecular weight excluding hydrogens is 208 g/mol. The molecule has 4 heteroatoms. The Balaban J connectivity index is 2.82. The van der Waals surface area contributed by atoms with E-state index in [-0.39, 0.29) is 6.61 Å². The summed E-state index contributed by atoms with van der Waals surface area (Å²) in [7, 11) is 1.33. The van der Waals surface area contributed by atoms with Crippen LogP contribution in [0.3, 0.4) is 0 Å². The van der Waals surface area contributed by atoms with E-state index in [0.29, 0.717) is 23.3 Å². The Hall–Kier alpha value is -1.29. The zero-order valence-electron chi connectivity index (χ0n) is 9.78. The minimum Gasteiger partial charge on any atom is -0.468 e. The molecule has 0 unspecified atom stereocenters. The molecule has 1 N–H and O–H groups in total. The Labute approximate surface area is 95.2 Å². The molecule has 0 spiro atoms. The molecule has 16 heavy (non-hydrogen) atoms. The minimum atomic E-state index is -0.440. The maximum absolute atomic E-state index is 11.5. The molecule has 1 aromatic rings. The number of carbonyl (C=O) groups excluding carboxylic acids is 1. The van der Waals surface area contributed by atoms with Gasteiger partial charge >= 0.3 is 5.97 Å². The van der Waals surface area contributed by atoms with Crippen LogP contribution >= 0.6 is 0 Å². The topological polar surface area (TPSA) is 59.7 Å². The summed E-state index contributed by atoms with van der Waals surface area (Å²) in [4.78, 5) is 11.5. The largest absolute Gasteiger partial charge is 0.468 e. The molecule has 0 radical (unpaired) electrons. The van der Waals surface area contributed by atoms with Gasteiger partial charge in [0.05, 0.1) is 20.0 Å². The monoisotopic (exact) mass is 226 g/mol. The second-order valence-corrected chi connectivity index (χ2v) is 3.67. The van der Waals surface area contributed by atoms with Crippen LogP contribution in [0.15, 0.2) is 10.7 Å². The number of aliphatic hydroxyl groups excluding tert-OH is 1. The fourth-order valence-corrected chi connectivity index (χ4v) is 1.62. The SMILES string of the molecule is CCCCCc1occ(CO)c1C(=O)OC. The maximum atomic E-state index is 11.5.